The van der Waals surface area contributed by atoms with Crippen LogP contribution in [0.15, 0.2) is 46.0 Å². The number of nitrogens with zero attached hydrogens (tertiary/aromatic N) is 2. The minimum absolute atomic E-state index is 0.0760. The van der Waals surface area contributed by atoms with E-state index < -0.39 is 10.0 Å². The van der Waals surface area contributed by atoms with E-state index in [0.717, 1.165) is 37.3 Å². The van der Waals surface area contributed by atoms with E-state index in [1.807, 2.05) is 18.2 Å². The number of benzene rings is 1. The third-order valence-electron chi connectivity index (χ3n) is 4.09. The van der Waals surface area contributed by atoms with Gasteiger partial charge in [-0.1, -0.05) is 18.2 Å². The number of thiophene rings is 1. The Bertz CT molecular complexity index is 809. The van der Waals surface area contributed by atoms with Gasteiger partial charge in [0.05, 0.1) is 11.3 Å². The van der Waals surface area contributed by atoms with Crippen molar-refractivity contribution >= 4 is 33.0 Å². The number of carbonyl (C=O) groups is 1. The van der Waals surface area contributed by atoms with Gasteiger partial charge in [0.2, 0.25) is 0 Å². The van der Waals surface area contributed by atoms with Crippen molar-refractivity contribution in [1.82, 2.24) is 4.90 Å². The molecule has 3 rings (SSSR count). The van der Waals surface area contributed by atoms with Crippen molar-refractivity contribution < 1.29 is 13.2 Å². The third-order valence-corrected chi connectivity index (χ3v) is 7.41. The second-order valence-corrected chi connectivity index (χ2v) is 8.66. The Morgan fingerprint density at radius 3 is 2.50 bits per heavy atom. The molecule has 128 valence electrons. The Morgan fingerprint density at radius 2 is 1.88 bits per heavy atom. The summed E-state index contributed by atoms with van der Waals surface area (Å²) in [4.78, 5) is 14.2. The van der Waals surface area contributed by atoms with Gasteiger partial charge in [-0.25, -0.2) is 8.42 Å². The lowest BCUT2D eigenvalue weighted by Gasteiger charge is -2.21. The van der Waals surface area contributed by atoms with Crippen molar-refractivity contribution in [3.05, 3.63) is 47.3 Å². The van der Waals surface area contributed by atoms with Gasteiger partial charge in [0.1, 0.15) is 4.21 Å². The monoisotopic (exact) mass is 364 g/mol. The molecule has 24 heavy (non-hydrogen) atoms. The van der Waals surface area contributed by atoms with Crippen molar-refractivity contribution in [1.29, 1.82) is 0 Å². The maximum absolute atomic E-state index is 12.9. The summed E-state index contributed by atoms with van der Waals surface area (Å²) in [6, 6.07) is 10.5. The van der Waals surface area contributed by atoms with E-state index in [4.69, 9.17) is 0 Å². The topological polar surface area (TPSA) is 57.7 Å². The zero-order chi connectivity index (χ0) is 17.2. The predicted octanol–water partition coefficient (Wildman–Crippen LogP) is 3.20. The number of para-hydroxylation sites is 1. The largest absolute Gasteiger partial charge is 0.339 e. The zero-order valence-corrected chi connectivity index (χ0v) is 15.1. The van der Waals surface area contributed by atoms with Crippen LogP contribution in [-0.4, -0.2) is 38.9 Å². The molecule has 0 N–H and O–H groups in total. The molecule has 1 aromatic carbocycles. The highest BCUT2D eigenvalue weighted by Crippen LogP contribution is 2.28. The van der Waals surface area contributed by atoms with Crippen molar-refractivity contribution in [3.63, 3.8) is 0 Å². The maximum Gasteiger partial charge on any atom is 0.273 e. The molecule has 0 saturated carbocycles. The molecule has 2 heterocycles. The van der Waals surface area contributed by atoms with Crippen LogP contribution >= 0.6 is 11.3 Å². The van der Waals surface area contributed by atoms with Crippen LogP contribution in [0.2, 0.25) is 0 Å². The SMILES string of the molecule is CCN(c1ccccc1)S(=O)(=O)c1cc(C(=O)N2CCCC2)cs1. The molecule has 2 aromatic rings. The fraction of sp³-hybridized carbons (Fsp3) is 0.353. The van der Waals surface area contributed by atoms with Crippen molar-refractivity contribution in [3.8, 4) is 0 Å². The molecule has 0 radical (unpaired) electrons. The molecule has 0 atom stereocenters. The van der Waals surface area contributed by atoms with E-state index in [-0.39, 0.29) is 10.1 Å². The number of rotatable bonds is 5. The van der Waals surface area contributed by atoms with Crippen molar-refractivity contribution in [2.75, 3.05) is 23.9 Å². The molecule has 1 fully saturated rings. The molecular formula is C17H20N2O3S2. The number of hydrogen-bond donors (Lipinski definition) is 0. The normalized spacial score (nSPS) is 14.8. The predicted molar refractivity (Wildman–Crippen MR) is 96.1 cm³/mol. The third kappa shape index (κ3) is 3.18. The summed E-state index contributed by atoms with van der Waals surface area (Å²) in [5.74, 6) is -0.0760. The fourth-order valence-electron chi connectivity index (χ4n) is 2.86. The summed E-state index contributed by atoms with van der Waals surface area (Å²) in [6.45, 7) is 3.64. The van der Waals surface area contributed by atoms with Crippen LogP contribution in [0, 0.1) is 0 Å². The first-order chi connectivity index (χ1) is 11.5. The molecule has 1 aromatic heterocycles. The van der Waals surface area contributed by atoms with E-state index in [9.17, 15) is 13.2 Å². The van der Waals surface area contributed by atoms with E-state index in [2.05, 4.69) is 0 Å². The summed E-state index contributed by atoms with van der Waals surface area (Å²) in [5, 5.41) is 1.65. The highest BCUT2D eigenvalue weighted by Gasteiger charge is 2.28. The smallest absolute Gasteiger partial charge is 0.273 e. The number of sulfonamides is 1. The highest BCUT2D eigenvalue weighted by atomic mass is 32.2. The quantitative estimate of drug-likeness (QED) is 0.819. The second-order valence-electron chi connectivity index (χ2n) is 5.66. The molecule has 7 heteroatoms. The first kappa shape index (κ1) is 17.0. The van der Waals surface area contributed by atoms with Crippen LogP contribution in [-0.2, 0) is 10.0 Å². The van der Waals surface area contributed by atoms with Crippen LogP contribution in [0.4, 0.5) is 5.69 Å². The second kappa shape index (κ2) is 6.94. The van der Waals surface area contributed by atoms with Crippen LogP contribution in [0.25, 0.3) is 0 Å². The Morgan fingerprint density at radius 1 is 1.21 bits per heavy atom. The van der Waals surface area contributed by atoms with Crippen LogP contribution in [0.1, 0.15) is 30.1 Å². The van der Waals surface area contributed by atoms with Gasteiger partial charge in [0, 0.05) is 25.0 Å². The Labute approximate surface area is 146 Å². The van der Waals surface area contributed by atoms with Crippen LogP contribution < -0.4 is 4.31 Å². The minimum atomic E-state index is -3.66. The molecule has 1 amide bonds. The van der Waals surface area contributed by atoms with Gasteiger partial charge in [-0.3, -0.25) is 9.10 Å². The maximum atomic E-state index is 12.9. The minimum Gasteiger partial charge on any atom is -0.339 e. The highest BCUT2D eigenvalue weighted by molar-refractivity contribution is 7.94. The van der Waals surface area contributed by atoms with Gasteiger partial charge in [0.15, 0.2) is 0 Å². The number of carbonyl (C=O) groups excluding carboxylic acids is 1. The molecule has 1 aliphatic rings. The van der Waals surface area contributed by atoms with Gasteiger partial charge in [-0.2, -0.15) is 0 Å². The van der Waals surface area contributed by atoms with E-state index >= 15 is 0 Å². The lowest BCUT2D eigenvalue weighted by Crippen LogP contribution is -2.30. The Balaban J connectivity index is 1.88. The lowest BCUT2D eigenvalue weighted by atomic mass is 10.3. The molecule has 0 aliphatic carbocycles. The molecule has 0 bridgehead atoms. The average molecular weight is 364 g/mol. The van der Waals surface area contributed by atoms with Gasteiger partial charge in [-0.05, 0) is 38.0 Å². The number of amides is 1. The van der Waals surface area contributed by atoms with E-state index in [0.29, 0.717) is 17.8 Å². The summed E-state index contributed by atoms with van der Waals surface area (Å²) in [7, 11) is -3.66. The van der Waals surface area contributed by atoms with Gasteiger partial charge in [-0.15, -0.1) is 11.3 Å². The Kier molecular flexibility index (Phi) is 4.91. The van der Waals surface area contributed by atoms with E-state index in [1.165, 1.54) is 10.4 Å². The van der Waals surface area contributed by atoms with Gasteiger partial charge >= 0.3 is 0 Å². The first-order valence-corrected chi connectivity index (χ1v) is 10.3. The van der Waals surface area contributed by atoms with Crippen LogP contribution in [0.5, 0.6) is 0 Å². The summed E-state index contributed by atoms with van der Waals surface area (Å²) >= 11 is 1.10. The molecule has 0 unspecified atom stereocenters. The number of anilines is 1. The first-order valence-electron chi connectivity index (χ1n) is 7.99. The van der Waals surface area contributed by atoms with Crippen LogP contribution in [0.3, 0.4) is 0 Å². The average Bonchev–Trinajstić information content (AvgIpc) is 3.28. The van der Waals surface area contributed by atoms with E-state index in [1.54, 1.807) is 29.3 Å². The summed E-state index contributed by atoms with van der Waals surface area (Å²) < 4.78 is 27.4. The molecular weight excluding hydrogens is 344 g/mol. The van der Waals surface area contributed by atoms with Gasteiger partial charge < -0.3 is 4.90 Å². The van der Waals surface area contributed by atoms with Gasteiger partial charge in [0.25, 0.3) is 15.9 Å². The zero-order valence-electron chi connectivity index (χ0n) is 13.5. The summed E-state index contributed by atoms with van der Waals surface area (Å²) in [5.41, 5.74) is 1.09. The fourth-order valence-corrected chi connectivity index (χ4v) is 5.60. The summed E-state index contributed by atoms with van der Waals surface area (Å²) in [6.07, 6.45) is 2.03. The lowest BCUT2D eigenvalue weighted by molar-refractivity contribution is 0.0793. The molecule has 5 nitrogen and oxygen atoms in total. The number of likely N-dealkylation sites (tertiary alicyclic amines) is 1. The Hall–Kier alpha value is -1.86. The molecule has 1 saturated heterocycles. The molecule has 1 aliphatic heterocycles. The van der Waals surface area contributed by atoms with Crippen molar-refractivity contribution in [2.24, 2.45) is 0 Å². The van der Waals surface area contributed by atoms with Crippen molar-refractivity contribution in [2.45, 2.75) is 24.0 Å². The molecule has 0 spiro atoms. The standard InChI is InChI=1S/C17H20N2O3S2/c1-2-19(15-8-4-3-5-9-15)24(21,22)16-12-14(13-23-16)17(20)18-10-6-7-11-18/h3-5,8-9,12-13H,2,6-7,10-11H2,1H3. The number of hydrogen-bond acceptors (Lipinski definition) is 4.